The first kappa shape index (κ1) is 16.6. The number of aliphatic imine (C=N–C) groups is 1. The minimum atomic E-state index is 0.675. The second-order valence-electron chi connectivity index (χ2n) is 4.72. The Bertz CT molecular complexity index is 718. The summed E-state index contributed by atoms with van der Waals surface area (Å²) < 4.78 is 0. The number of benzene rings is 1. The van der Waals surface area contributed by atoms with E-state index >= 15 is 0 Å². The monoisotopic (exact) mass is 306 g/mol. The van der Waals surface area contributed by atoms with Crippen molar-refractivity contribution in [2.75, 3.05) is 6.54 Å². The zero-order valence-electron chi connectivity index (χ0n) is 13.7. The van der Waals surface area contributed by atoms with E-state index in [2.05, 4.69) is 39.0 Å². The highest BCUT2D eigenvalue weighted by Gasteiger charge is 2.16. The van der Waals surface area contributed by atoms with Crippen LogP contribution in [0.15, 0.2) is 59.9 Å². The van der Waals surface area contributed by atoms with E-state index in [1.165, 1.54) is 0 Å². The molecule has 4 heteroatoms. The predicted octanol–water partition coefficient (Wildman–Crippen LogP) is 4.41. The van der Waals surface area contributed by atoms with Crippen LogP contribution in [0.2, 0.25) is 0 Å². The third kappa shape index (κ3) is 3.92. The molecule has 0 fully saturated rings. The maximum Gasteiger partial charge on any atom is 0.100 e. The minimum absolute atomic E-state index is 0.675. The number of hydrogen-bond acceptors (Lipinski definition) is 3. The molecule has 118 valence electrons. The zero-order valence-corrected chi connectivity index (χ0v) is 13.7. The van der Waals surface area contributed by atoms with Gasteiger partial charge in [-0.3, -0.25) is 10.1 Å². The summed E-state index contributed by atoms with van der Waals surface area (Å²) in [5.74, 6) is 0. The molecule has 0 unspecified atom stereocenters. The van der Waals surface area contributed by atoms with Crippen LogP contribution in [-0.4, -0.2) is 28.4 Å². The highest BCUT2D eigenvalue weighted by molar-refractivity contribution is 5.82. The Kier molecular flexibility index (Phi) is 6.24. The number of aromatic amines is 1. The molecule has 2 heterocycles. The fourth-order valence-corrected chi connectivity index (χ4v) is 2.38. The van der Waals surface area contributed by atoms with Crippen molar-refractivity contribution in [1.82, 2.24) is 15.2 Å². The van der Waals surface area contributed by atoms with Gasteiger partial charge in [0.2, 0.25) is 0 Å². The molecule has 0 spiro atoms. The molecule has 3 aromatic rings. The first-order chi connectivity index (χ1) is 11.4. The molecule has 23 heavy (non-hydrogen) atoms. The van der Waals surface area contributed by atoms with Gasteiger partial charge in [-0.2, -0.15) is 5.10 Å². The first-order valence-electron chi connectivity index (χ1n) is 7.85. The average Bonchev–Trinajstić information content (AvgIpc) is 3.07. The maximum absolute atomic E-state index is 4.51. The smallest absolute Gasteiger partial charge is 0.100 e. The van der Waals surface area contributed by atoms with Crippen LogP contribution in [0.25, 0.3) is 22.4 Å². The lowest BCUT2D eigenvalue weighted by Gasteiger charge is -2.05. The van der Waals surface area contributed by atoms with E-state index in [0.717, 1.165) is 34.5 Å². The van der Waals surface area contributed by atoms with Crippen LogP contribution in [0.5, 0.6) is 0 Å². The van der Waals surface area contributed by atoms with Gasteiger partial charge in [-0.05, 0) is 24.4 Å². The van der Waals surface area contributed by atoms with Crippen LogP contribution in [0.1, 0.15) is 19.5 Å². The molecule has 0 amide bonds. The molecular formula is C19H22N4. The number of H-pyrrole nitrogens is 1. The van der Waals surface area contributed by atoms with Crippen LogP contribution in [0.4, 0.5) is 0 Å². The van der Waals surface area contributed by atoms with E-state index in [1.54, 1.807) is 12.4 Å². The molecule has 1 aromatic carbocycles. The molecule has 2 aromatic heterocycles. The Morgan fingerprint density at radius 1 is 1.00 bits per heavy atom. The van der Waals surface area contributed by atoms with Crippen molar-refractivity contribution in [1.29, 1.82) is 0 Å². The van der Waals surface area contributed by atoms with Crippen molar-refractivity contribution in [2.45, 2.75) is 20.3 Å². The summed E-state index contributed by atoms with van der Waals surface area (Å²) in [4.78, 5) is 8.03. The van der Waals surface area contributed by atoms with Crippen LogP contribution in [0.3, 0.4) is 0 Å². The van der Waals surface area contributed by atoms with E-state index < -0.39 is 0 Å². The number of nitrogens with zero attached hydrogens (tertiary/aromatic N) is 3. The van der Waals surface area contributed by atoms with E-state index in [4.69, 9.17) is 0 Å². The van der Waals surface area contributed by atoms with Gasteiger partial charge in [-0.1, -0.05) is 44.2 Å². The quantitative estimate of drug-likeness (QED) is 0.710. The van der Waals surface area contributed by atoms with E-state index in [9.17, 15) is 0 Å². The highest BCUT2D eigenvalue weighted by atomic mass is 15.1. The van der Waals surface area contributed by atoms with Gasteiger partial charge in [0.05, 0.1) is 0 Å². The van der Waals surface area contributed by atoms with Gasteiger partial charge >= 0.3 is 0 Å². The van der Waals surface area contributed by atoms with E-state index in [0.29, 0.717) is 6.54 Å². The lowest BCUT2D eigenvalue weighted by Crippen LogP contribution is -1.93. The molecule has 0 aliphatic heterocycles. The molecule has 0 saturated carbocycles. The Hall–Kier alpha value is -2.75. The van der Waals surface area contributed by atoms with Crippen molar-refractivity contribution in [3.8, 4) is 22.4 Å². The van der Waals surface area contributed by atoms with Gasteiger partial charge in [0, 0.05) is 42.2 Å². The standard InChI is InChI=1S/C17H16N4.C2H6/c1-18-10-9-15-16(13-7-11-19-12-8-13)17(21-20-15)14-5-3-2-4-6-14;1-2/h2-8,11-12H,1,9-10H2,(H,20,21);1-2H3. The summed E-state index contributed by atoms with van der Waals surface area (Å²) >= 11 is 0. The normalized spacial score (nSPS) is 9.83. The summed E-state index contributed by atoms with van der Waals surface area (Å²) in [6.45, 7) is 8.22. The first-order valence-corrected chi connectivity index (χ1v) is 7.85. The lowest BCUT2D eigenvalue weighted by atomic mass is 9.98. The number of aromatic nitrogens is 3. The summed E-state index contributed by atoms with van der Waals surface area (Å²) in [5.41, 5.74) is 5.36. The Labute approximate surface area is 137 Å². The summed E-state index contributed by atoms with van der Waals surface area (Å²) in [6.07, 6.45) is 4.39. The maximum atomic E-state index is 4.51. The van der Waals surface area contributed by atoms with Gasteiger partial charge < -0.3 is 4.99 Å². The Balaban J connectivity index is 0.000000924. The molecule has 0 atom stereocenters. The van der Waals surface area contributed by atoms with Gasteiger partial charge in [-0.15, -0.1) is 0 Å². The van der Waals surface area contributed by atoms with Crippen molar-refractivity contribution in [3.63, 3.8) is 0 Å². The molecule has 0 aliphatic rings. The molecule has 4 nitrogen and oxygen atoms in total. The Morgan fingerprint density at radius 2 is 1.70 bits per heavy atom. The number of rotatable bonds is 5. The largest absolute Gasteiger partial charge is 0.301 e. The zero-order chi connectivity index (χ0) is 16.5. The topological polar surface area (TPSA) is 53.9 Å². The molecule has 0 saturated heterocycles. The van der Waals surface area contributed by atoms with Gasteiger partial charge in [0.1, 0.15) is 5.69 Å². The number of nitrogens with one attached hydrogen (secondary N) is 1. The second-order valence-corrected chi connectivity index (χ2v) is 4.72. The number of pyridine rings is 1. The fourth-order valence-electron chi connectivity index (χ4n) is 2.38. The van der Waals surface area contributed by atoms with E-state index in [1.807, 2.05) is 44.2 Å². The molecule has 1 N–H and O–H groups in total. The molecule has 0 aliphatic carbocycles. The van der Waals surface area contributed by atoms with Crippen molar-refractivity contribution in [2.24, 2.45) is 4.99 Å². The van der Waals surface area contributed by atoms with Crippen LogP contribution in [0, 0.1) is 0 Å². The summed E-state index contributed by atoms with van der Waals surface area (Å²) in [6, 6.07) is 14.2. The molecule has 3 rings (SSSR count). The Morgan fingerprint density at radius 3 is 2.35 bits per heavy atom. The SMILES string of the molecule is C=NCCc1[nH]nc(-c2ccccc2)c1-c1ccncc1.CC. The third-order valence-corrected chi connectivity index (χ3v) is 3.38. The second kappa shape index (κ2) is 8.63. The van der Waals surface area contributed by atoms with Gasteiger partial charge in [0.25, 0.3) is 0 Å². The average molecular weight is 306 g/mol. The van der Waals surface area contributed by atoms with Crippen LogP contribution >= 0.6 is 0 Å². The number of hydrogen-bond donors (Lipinski definition) is 1. The van der Waals surface area contributed by atoms with Crippen molar-refractivity contribution >= 4 is 6.72 Å². The molecular weight excluding hydrogens is 284 g/mol. The molecule has 0 radical (unpaired) electrons. The van der Waals surface area contributed by atoms with Gasteiger partial charge in [0.15, 0.2) is 0 Å². The van der Waals surface area contributed by atoms with Gasteiger partial charge in [-0.25, -0.2) is 0 Å². The van der Waals surface area contributed by atoms with Crippen LogP contribution < -0.4 is 0 Å². The highest BCUT2D eigenvalue weighted by Crippen LogP contribution is 2.33. The predicted molar refractivity (Wildman–Crippen MR) is 96.7 cm³/mol. The summed E-state index contributed by atoms with van der Waals surface area (Å²) in [5, 5.41) is 7.66. The van der Waals surface area contributed by atoms with Crippen molar-refractivity contribution in [3.05, 3.63) is 60.6 Å². The minimum Gasteiger partial charge on any atom is -0.301 e. The molecule has 0 bridgehead atoms. The van der Waals surface area contributed by atoms with Crippen LogP contribution in [-0.2, 0) is 6.42 Å². The lowest BCUT2D eigenvalue weighted by molar-refractivity contribution is 0.908. The van der Waals surface area contributed by atoms with E-state index in [-0.39, 0.29) is 0 Å². The third-order valence-electron chi connectivity index (χ3n) is 3.38. The van der Waals surface area contributed by atoms with Crippen molar-refractivity contribution < 1.29 is 0 Å². The fraction of sp³-hybridized carbons (Fsp3) is 0.211. The summed E-state index contributed by atoms with van der Waals surface area (Å²) in [7, 11) is 0.